The second-order valence-electron chi connectivity index (χ2n) is 7.64. The van der Waals surface area contributed by atoms with Gasteiger partial charge in [0, 0.05) is 23.0 Å². The molecule has 0 radical (unpaired) electrons. The van der Waals surface area contributed by atoms with Crippen LogP contribution in [0.5, 0.6) is 0 Å². The van der Waals surface area contributed by atoms with Crippen molar-refractivity contribution in [3.05, 3.63) is 23.0 Å². The number of imide groups is 1. The Morgan fingerprint density at radius 1 is 1.20 bits per heavy atom. The maximum atomic E-state index is 12.8. The molecule has 0 aromatic carbocycles. The lowest BCUT2D eigenvalue weighted by Gasteiger charge is -2.30. The smallest absolute Gasteiger partial charge is 0.325 e. The van der Waals surface area contributed by atoms with Gasteiger partial charge in [-0.05, 0) is 46.6 Å². The van der Waals surface area contributed by atoms with Gasteiger partial charge in [-0.25, -0.2) is 4.79 Å². The van der Waals surface area contributed by atoms with Gasteiger partial charge < -0.3 is 9.88 Å². The molecule has 1 aromatic heterocycles. The lowest BCUT2D eigenvalue weighted by molar-refractivity contribution is -0.132. The van der Waals surface area contributed by atoms with E-state index in [9.17, 15) is 14.4 Å². The molecule has 2 fully saturated rings. The molecule has 3 rings (SSSR count). The van der Waals surface area contributed by atoms with E-state index in [1.807, 2.05) is 19.9 Å². The number of Topliss-reactive ketones (excluding diaryl/α,β-unsaturated/α-hetero) is 1. The third-order valence-electron chi connectivity index (χ3n) is 5.56. The van der Waals surface area contributed by atoms with Crippen molar-refractivity contribution in [3.8, 4) is 0 Å². The number of aryl methyl sites for hydroxylation is 1. The molecule has 1 aliphatic carbocycles. The minimum absolute atomic E-state index is 0.184. The summed E-state index contributed by atoms with van der Waals surface area (Å²) in [7, 11) is 0. The Morgan fingerprint density at radius 3 is 2.40 bits per heavy atom. The highest BCUT2D eigenvalue weighted by molar-refractivity contribution is 6.11. The summed E-state index contributed by atoms with van der Waals surface area (Å²) in [6.07, 6.45) is 4.30. The van der Waals surface area contributed by atoms with E-state index >= 15 is 0 Å². The molecular formula is C19H27N3O3. The average Bonchev–Trinajstić information content (AvgIpc) is 2.97. The summed E-state index contributed by atoms with van der Waals surface area (Å²) in [5, 5.41) is 2.86. The van der Waals surface area contributed by atoms with E-state index in [0.29, 0.717) is 18.4 Å². The first-order chi connectivity index (χ1) is 11.8. The van der Waals surface area contributed by atoms with Gasteiger partial charge in [0.15, 0.2) is 5.78 Å². The topological polar surface area (TPSA) is 71.4 Å². The van der Waals surface area contributed by atoms with Gasteiger partial charge in [0.05, 0.1) is 6.54 Å². The largest absolute Gasteiger partial charge is 0.346 e. The summed E-state index contributed by atoms with van der Waals surface area (Å²) in [6, 6.07) is 1.67. The molecule has 0 unspecified atom stereocenters. The van der Waals surface area contributed by atoms with E-state index in [4.69, 9.17) is 0 Å². The van der Waals surface area contributed by atoms with Crippen molar-refractivity contribution in [1.82, 2.24) is 14.8 Å². The molecule has 0 bridgehead atoms. The molecule has 1 aliphatic heterocycles. The molecule has 1 saturated carbocycles. The molecule has 25 heavy (non-hydrogen) atoms. The van der Waals surface area contributed by atoms with Crippen LogP contribution in [-0.2, 0) is 4.79 Å². The number of amides is 3. The summed E-state index contributed by atoms with van der Waals surface area (Å²) in [5.41, 5.74) is 1.72. The van der Waals surface area contributed by atoms with Crippen molar-refractivity contribution in [1.29, 1.82) is 0 Å². The van der Waals surface area contributed by atoms with E-state index in [1.165, 1.54) is 0 Å². The van der Waals surface area contributed by atoms with Crippen LogP contribution in [0.2, 0.25) is 0 Å². The predicted octanol–water partition coefficient (Wildman–Crippen LogP) is 3.12. The molecule has 1 aromatic rings. The van der Waals surface area contributed by atoms with E-state index in [-0.39, 0.29) is 24.3 Å². The van der Waals surface area contributed by atoms with Crippen LogP contribution in [0.4, 0.5) is 4.79 Å². The Labute approximate surface area is 148 Å². The Morgan fingerprint density at radius 2 is 1.84 bits per heavy atom. The van der Waals surface area contributed by atoms with Crippen LogP contribution in [0, 0.1) is 13.8 Å². The van der Waals surface area contributed by atoms with Crippen molar-refractivity contribution >= 4 is 17.7 Å². The van der Waals surface area contributed by atoms with Gasteiger partial charge in [0.2, 0.25) is 0 Å². The van der Waals surface area contributed by atoms with Gasteiger partial charge in [0.25, 0.3) is 5.91 Å². The Kier molecular flexibility index (Phi) is 4.47. The molecule has 1 N–H and O–H groups in total. The summed E-state index contributed by atoms with van der Waals surface area (Å²) in [4.78, 5) is 39.0. The lowest BCUT2D eigenvalue weighted by Crippen LogP contribution is -2.48. The number of ketones is 1. The standard InChI is InChI=1S/C19H27N3O3/c1-12(2)22-13(3)10-15(14(22)4)16(23)11-21-17(24)19(20-18(21)25)8-6-5-7-9-19/h10,12H,5-9,11H2,1-4H3,(H,20,25). The third kappa shape index (κ3) is 2.87. The zero-order valence-electron chi connectivity index (χ0n) is 15.5. The number of hydrogen-bond donors (Lipinski definition) is 1. The minimum atomic E-state index is -0.773. The second-order valence-corrected chi connectivity index (χ2v) is 7.64. The number of aromatic nitrogens is 1. The lowest BCUT2D eigenvalue weighted by atomic mass is 9.82. The van der Waals surface area contributed by atoms with Crippen LogP contribution in [-0.4, -0.2) is 39.3 Å². The third-order valence-corrected chi connectivity index (χ3v) is 5.56. The SMILES string of the molecule is Cc1cc(C(=O)CN2C(=O)NC3(CCCCC3)C2=O)c(C)n1C(C)C. The van der Waals surface area contributed by atoms with E-state index < -0.39 is 11.6 Å². The van der Waals surface area contributed by atoms with E-state index in [2.05, 4.69) is 23.7 Å². The molecule has 2 heterocycles. The first-order valence-corrected chi connectivity index (χ1v) is 9.12. The van der Waals surface area contributed by atoms with Crippen molar-refractivity contribution < 1.29 is 14.4 Å². The van der Waals surface area contributed by atoms with Crippen LogP contribution < -0.4 is 5.32 Å². The predicted molar refractivity (Wildman–Crippen MR) is 94.7 cm³/mol. The monoisotopic (exact) mass is 345 g/mol. The van der Waals surface area contributed by atoms with Gasteiger partial charge in [0.1, 0.15) is 5.54 Å². The quantitative estimate of drug-likeness (QED) is 0.673. The highest BCUT2D eigenvalue weighted by atomic mass is 16.2. The number of rotatable bonds is 4. The minimum Gasteiger partial charge on any atom is -0.346 e. The highest BCUT2D eigenvalue weighted by Gasteiger charge is 2.51. The van der Waals surface area contributed by atoms with Crippen LogP contribution in [0.15, 0.2) is 6.07 Å². The van der Waals surface area contributed by atoms with Crippen LogP contribution in [0.25, 0.3) is 0 Å². The van der Waals surface area contributed by atoms with E-state index in [0.717, 1.165) is 35.6 Å². The van der Waals surface area contributed by atoms with Crippen molar-refractivity contribution in [2.45, 2.75) is 71.4 Å². The van der Waals surface area contributed by atoms with Gasteiger partial charge in [-0.3, -0.25) is 14.5 Å². The molecule has 3 amide bonds. The average molecular weight is 345 g/mol. The zero-order chi connectivity index (χ0) is 18.4. The molecule has 6 nitrogen and oxygen atoms in total. The summed E-state index contributed by atoms with van der Waals surface area (Å²) in [5.74, 6) is -0.417. The maximum Gasteiger partial charge on any atom is 0.325 e. The Balaban J connectivity index is 1.81. The molecule has 1 spiro atoms. The summed E-state index contributed by atoms with van der Waals surface area (Å²) < 4.78 is 2.10. The number of carbonyl (C=O) groups is 3. The van der Waals surface area contributed by atoms with Gasteiger partial charge in [-0.2, -0.15) is 0 Å². The molecule has 1 saturated heterocycles. The van der Waals surface area contributed by atoms with Crippen LogP contribution in [0.1, 0.15) is 73.7 Å². The number of urea groups is 1. The zero-order valence-corrected chi connectivity index (χ0v) is 15.5. The second kappa shape index (κ2) is 6.32. The van der Waals surface area contributed by atoms with Crippen molar-refractivity contribution in [2.24, 2.45) is 0 Å². The van der Waals surface area contributed by atoms with Crippen molar-refractivity contribution in [2.75, 3.05) is 6.54 Å². The fourth-order valence-electron chi connectivity index (χ4n) is 4.40. The molecule has 136 valence electrons. The Hall–Kier alpha value is -2.11. The number of nitrogens with zero attached hydrogens (tertiary/aromatic N) is 2. The number of hydrogen-bond acceptors (Lipinski definition) is 3. The molecule has 6 heteroatoms. The number of carbonyl (C=O) groups excluding carboxylic acids is 3. The van der Waals surface area contributed by atoms with Gasteiger partial charge >= 0.3 is 6.03 Å². The maximum absolute atomic E-state index is 12.8. The fourth-order valence-corrected chi connectivity index (χ4v) is 4.40. The van der Waals surface area contributed by atoms with Crippen LogP contribution >= 0.6 is 0 Å². The molecule has 2 aliphatic rings. The first-order valence-electron chi connectivity index (χ1n) is 9.12. The van der Waals surface area contributed by atoms with Gasteiger partial charge in [-0.1, -0.05) is 19.3 Å². The van der Waals surface area contributed by atoms with Gasteiger partial charge in [-0.15, -0.1) is 0 Å². The normalized spacial score (nSPS) is 19.8. The van der Waals surface area contributed by atoms with Crippen molar-refractivity contribution in [3.63, 3.8) is 0 Å². The van der Waals surface area contributed by atoms with Crippen LogP contribution in [0.3, 0.4) is 0 Å². The van der Waals surface area contributed by atoms with E-state index in [1.54, 1.807) is 0 Å². The molecular weight excluding hydrogens is 318 g/mol. The molecule has 0 atom stereocenters. The summed E-state index contributed by atoms with van der Waals surface area (Å²) >= 11 is 0. The highest BCUT2D eigenvalue weighted by Crippen LogP contribution is 2.33. The first kappa shape index (κ1) is 17.7. The summed E-state index contributed by atoms with van der Waals surface area (Å²) in [6.45, 7) is 7.83. The Bertz CT molecular complexity index is 727. The fraction of sp³-hybridized carbons (Fsp3) is 0.632. The number of nitrogens with one attached hydrogen (secondary N) is 1.